The predicted molar refractivity (Wildman–Crippen MR) is 85.8 cm³/mol. The van der Waals surface area contributed by atoms with Gasteiger partial charge >= 0.3 is 18.0 Å². The highest BCUT2D eigenvalue weighted by molar-refractivity contribution is 6.33. The first kappa shape index (κ1) is 20.9. The maximum Gasteiger partial charge on any atom is 0.431 e. The third kappa shape index (κ3) is 3.35. The van der Waals surface area contributed by atoms with Crippen LogP contribution in [0, 0.1) is 12.8 Å². The van der Waals surface area contributed by atoms with Gasteiger partial charge in [-0.1, -0.05) is 11.6 Å². The van der Waals surface area contributed by atoms with Crippen molar-refractivity contribution in [3.8, 4) is 0 Å². The summed E-state index contributed by atoms with van der Waals surface area (Å²) >= 11 is 6.20. The molecule has 0 atom stereocenters. The summed E-state index contributed by atoms with van der Waals surface area (Å²) in [7, 11) is 0. The number of hydrogen-bond donors (Lipinski definition) is 1. The highest BCUT2D eigenvalue weighted by Gasteiger charge is 2.75. The number of anilines is 1. The number of rotatable bonds is 3. The lowest BCUT2D eigenvalue weighted by Crippen LogP contribution is -2.59. The Morgan fingerprint density at radius 3 is 2.14 bits per heavy atom. The normalized spacial score (nSPS) is 21.9. The van der Waals surface area contributed by atoms with Crippen LogP contribution in [0.1, 0.15) is 31.4 Å². The maximum absolute atomic E-state index is 14.2. The van der Waals surface area contributed by atoms with Crippen molar-refractivity contribution in [2.24, 2.45) is 5.92 Å². The van der Waals surface area contributed by atoms with E-state index < -0.39 is 42.8 Å². The summed E-state index contributed by atoms with van der Waals surface area (Å²) in [6.45, 7) is 1.61. The summed E-state index contributed by atoms with van der Waals surface area (Å²) in [5, 5.41) is 7.12. The molecule has 0 radical (unpaired) electrons. The van der Waals surface area contributed by atoms with Crippen LogP contribution in [-0.2, 0) is 0 Å². The van der Waals surface area contributed by atoms with Crippen LogP contribution in [0.25, 0.3) is 5.78 Å². The summed E-state index contributed by atoms with van der Waals surface area (Å²) in [4.78, 5) is 8.02. The van der Waals surface area contributed by atoms with E-state index in [4.69, 9.17) is 11.6 Å². The van der Waals surface area contributed by atoms with Crippen LogP contribution >= 0.6 is 11.6 Å². The minimum Gasteiger partial charge on any atom is -0.366 e. The number of aromatic nitrogens is 4. The van der Waals surface area contributed by atoms with Gasteiger partial charge in [0.2, 0.25) is 0 Å². The van der Waals surface area contributed by atoms with Crippen molar-refractivity contribution >= 4 is 23.2 Å². The Morgan fingerprint density at radius 2 is 1.61 bits per heavy atom. The second-order valence-electron chi connectivity index (χ2n) is 6.73. The molecule has 0 unspecified atom stereocenters. The number of alkyl halides is 7. The number of nitrogens with one attached hydrogen (secondary N) is 1. The summed E-state index contributed by atoms with van der Waals surface area (Å²) < 4.78 is 93.0. The Morgan fingerprint density at radius 1 is 1.04 bits per heavy atom. The molecular formula is C15H15ClF7N5. The molecule has 1 aliphatic rings. The summed E-state index contributed by atoms with van der Waals surface area (Å²) in [5.74, 6) is -1.69. The number of halogens is 8. The zero-order chi connectivity index (χ0) is 20.9. The third-order valence-electron chi connectivity index (χ3n) is 4.99. The summed E-state index contributed by atoms with van der Waals surface area (Å²) in [5.41, 5.74) is -4.80. The van der Waals surface area contributed by atoms with E-state index in [2.05, 4.69) is 20.4 Å². The standard InChI is InChI=1S/C15H15ClF7N5/c1-7-10(16)11(28-12(26-7)24-6-25-28)27-9-4-2-8(3-5-9)13(17,14(18,19)20)15(21,22)23/h6,8-9,27H,2-5H2,1H3/t8-,9+. The molecule has 0 aromatic carbocycles. The molecule has 0 saturated heterocycles. The van der Waals surface area contributed by atoms with Gasteiger partial charge in [-0.15, -0.1) is 0 Å². The largest absolute Gasteiger partial charge is 0.431 e. The van der Waals surface area contributed by atoms with Crippen LogP contribution in [0.2, 0.25) is 5.02 Å². The van der Waals surface area contributed by atoms with Crippen LogP contribution in [-0.4, -0.2) is 43.6 Å². The van der Waals surface area contributed by atoms with E-state index in [0.29, 0.717) is 5.69 Å². The molecule has 1 saturated carbocycles. The van der Waals surface area contributed by atoms with Gasteiger partial charge in [-0.25, -0.2) is 9.37 Å². The molecular weight excluding hydrogens is 419 g/mol. The van der Waals surface area contributed by atoms with Gasteiger partial charge in [0.15, 0.2) is 5.82 Å². The van der Waals surface area contributed by atoms with Gasteiger partial charge < -0.3 is 5.32 Å². The lowest BCUT2D eigenvalue weighted by molar-refractivity contribution is -0.360. The van der Waals surface area contributed by atoms with Crippen molar-refractivity contribution < 1.29 is 30.7 Å². The lowest BCUT2D eigenvalue weighted by atomic mass is 9.75. The van der Waals surface area contributed by atoms with Crippen molar-refractivity contribution in [3.63, 3.8) is 0 Å². The Bertz CT molecular complexity index is 841. The molecule has 2 aromatic heterocycles. The fourth-order valence-electron chi connectivity index (χ4n) is 3.51. The van der Waals surface area contributed by atoms with Gasteiger partial charge in [-0.05, 0) is 32.6 Å². The van der Waals surface area contributed by atoms with Gasteiger partial charge in [0.25, 0.3) is 5.78 Å². The summed E-state index contributed by atoms with van der Waals surface area (Å²) in [6.07, 6.45) is -12.2. The molecule has 1 fully saturated rings. The molecule has 1 aliphatic carbocycles. The number of aryl methyl sites for hydroxylation is 1. The Labute approximate surface area is 159 Å². The van der Waals surface area contributed by atoms with E-state index in [9.17, 15) is 30.7 Å². The molecule has 156 valence electrons. The highest BCUT2D eigenvalue weighted by atomic mass is 35.5. The summed E-state index contributed by atoms with van der Waals surface area (Å²) in [6, 6.07) is -0.506. The zero-order valence-electron chi connectivity index (χ0n) is 14.4. The van der Waals surface area contributed by atoms with Crippen LogP contribution in [0.15, 0.2) is 6.33 Å². The maximum atomic E-state index is 14.2. The van der Waals surface area contributed by atoms with Crippen molar-refractivity contribution in [2.75, 3.05) is 5.32 Å². The van der Waals surface area contributed by atoms with Crippen molar-refractivity contribution in [2.45, 2.75) is 56.7 Å². The molecule has 2 heterocycles. The van der Waals surface area contributed by atoms with E-state index in [-0.39, 0.29) is 29.5 Å². The fourth-order valence-corrected chi connectivity index (χ4v) is 3.69. The monoisotopic (exact) mass is 433 g/mol. The molecule has 0 amide bonds. The highest BCUT2D eigenvalue weighted by Crippen LogP contribution is 2.54. The van der Waals surface area contributed by atoms with E-state index >= 15 is 0 Å². The fraction of sp³-hybridized carbons (Fsp3) is 0.667. The molecule has 28 heavy (non-hydrogen) atoms. The minimum absolute atomic E-state index is 0.101. The lowest BCUT2D eigenvalue weighted by Gasteiger charge is -2.40. The first-order chi connectivity index (χ1) is 12.9. The van der Waals surface area contributed by atoms with E-state index in [1.807, 2.05) is 0 Å². The first-order valence-corrected chi connectivity index (χ1v) is 8.68. The molecule has 13 heteroatoms. The number of nitrogens with zero attached hydrogens (tertiary/aromatic N) is 4. The van der Waals surface area contributed by atoms with Crippen LogP contribution in [0.4, 0.5) is 36.6 Å². The smallest absolute Gasteiger partial charge is 0.366 e. The van der Waals surface area contributed by atoms with Gasteiger partial charge in [0, 0.05) is 12.0 Å². The predicted octanol–water partition coefficient (Wildman–Crippen LogP) is 4.89. The Balaban J connectivity index is 1.78. The third-order valence-corrected chi connectivity index (χ3v) is 5.44. The molecule has 0 bridgehead atoms. The minimum atomic E-state index is -6.03. The molecule has 2 aromatic rings. The van der Waals surface area contributed by atoms with E-state index in [1.165, 1.54) is 10.8 Å². The number of hydrogen-bond acceptors (Lipinski definition) is 4. The Hall–Kier alpha value is -1.85. The zero-order valence-corrected chi connectivity index (χ0v) is 15.1. The number of fused-ring (bicyclic) bond motifs is 1. The molecule has 1 N–H and O–H groups in total. The average molecular weight is 434 g/mol. The van der Waals surface area contributed by atoms with Gasteiger partial charge in [0.1, 0.15) is 11.3 Å². The average Bonchev–Trinajstić information content (AvgIpc) is 3.04. The van der Waals surface area contributed by atoms with Crippen LogP contribution in [0.5, 0.6) is 0 Å². The molecule has 5 nitrogen and oxygen atoms in total. The molecule has 3 rings (SSSR count). The van der Waals surface area contributed by atoms with Crippen LogP contribution in [0.3, 0.4) is 0 Å². The van der Waals surface area contributed by atoms with Crippen molar-refractivity contribution in [1.82, 2.24) is 19.6 Å². The van der Waals surface area contributed by atoms with Gasteiger partial charge in [0.05, 0.1) is 5.69 Å². The molecule has 0 aliphatic heterocycles. The second kappa shape index (κ2) is 6.89. The van der Waals surface area contributed by atoms with Crippen LogP contribution < -0.4 is 5.32 Å². The van der Waals surface area contributed by atoms with Crippen molar-refractivity contribution in [1.29, 1.82) is 0 Å². The van der Waals surface area contributed by atoms with Crippen molar-refractivity contribution in [3.05, 3.63) is 17.0 Å². The second-order valence-corrected chi connectivity index (χ2v) is 7.11. The van der Waals surface area contributed by atoms with E-state index in [1.54, 1.807) is 6.92 Å². The SMILES string of the molecule is Cc1nc2ncnn2c(N[C@H]2CC[C@@H](C(F)(C(F)(F)F)C(F)(F)F)CC2)c1Cl. The van der Waals surface area contributed by atoms with Gasteiger partial charge in [-0.2, -0.15) is 40.9 Å². The topological polar surface area (TPSA) is 55.1 Å². The first-order valence-electron chi connectivity index (χ1n) is 8.31. The molecule has 0 spiro atoms. The van der Waals surface area contributed by atoms with E-state index in [0.717, 1.165) is 0 Å². The Kier molecular flexibility index (Phi) is 5.13. The quantitative estimate of drug-likeness (QED) is 0.700. The van der Waals surface area contributed by atoms with Gasteiger partial charge in [-0.3, -0.25) is 0 Å².